The maximum atomic E-state index is 12.3. The molecule has 0 radical (unpaired) electrons. The summed E-state index contributed by atoms with van der Waals surface area (Å²) in [5.41, 5.74) is 12.9. The second-order valence-electron chi connectivity index (χ2n) is 9.81. The van der Waals surface area contributed by atoms with Gasteiger partial charge in [0.25, 0.3) is 5.91 Å². The summed E-state index contributed by atoms with van der Waals surface area (Å²) in [4.78, 5) is 22.4. The van der Waals surface area contributed by atoms with Crippen LogP contribution in [0.15, 0.2) is 48.0 Å². The lowest BCUT2D eigenvalue weighted by Gasteiger charge is -2.29. The van der Waals surface area contributed by atoms with Crippen LogP contribution in [0.2, 0.25) is 0 Å². The van der Waals surface area contributed by atoms with Crippen molar-refractivity contribution < 1.29 is 9.53 Å². The number of allylic oxidation sites excluding steroid dienone is 1. The summed E-state index contributed by atoms with van der Waals surface area (Å²) in [6, 6.07) is 10.6. The number of hydrogen-bond donors (Lipinski definition) is 3. The third-order valence-corrected chi connectivity index (χ3v) is 6.95. The molecule has 4 N–H and O–H groups in total. The number of benzene rings is 1. The van der Waals surface area contributed by atoms with Gasteiger partial charge in [-0.25, -0.2) is 0 Å². The van der Waals surface area contributed by atoms with E-state index in [1.165, 1.54) is 10.9 Å². The molecule has 1 saturated heterocycles. The molecule has 178 valence electrons. The van der Waals surface area contributed by atoms with Crippen molar-refractivity contribution in [3.05, 3.63) is 64.8 Å². The molecule has 2 aliphatic rings. The van der Waals surface area contributed by atoms with Crippen molar-refractivity contribution in [1.29, 1.82) is 0 Å². The first kappa shape index (κ1) is 22.5. The lowest BCUT2D eigenvalue weighted by molar-refractivity contribution is -0.116. The number of nitrogens with one attached hydrogen (secondary N) is 2. The van der Waals surface area contributed by atoms with Crippen LogP contribution in [-0.4, -0.2) is 40.4 Å². The predicted octanol–water partition coefficient (Wildman–Crippen LogP) is 4.32. The fourth-order valence-corrected chi connectivity index (χ4v) is 5.42. The number of fused-ring (bicyclic) bond motifs is 1. The predicted molar refractivity (Wildman–Crippen MR) is 134 cm³/mol. The number of carbonyl (C=O) groups excluding carboxylic acids is 1. The van der Waals surface area contributed by atoms with Gasteiger partial charge in [-0.05, 0) is 75.0 Å². The molecule has 3 aromatic rings. The molecule has 1 amide bonds. The van der Waals surface area contributed by atoms with Crippen LogP contribution < -0.4 is 11.1 Å². The fourth-order valence-electron chi connectivity index (χ4n) is 5.42. The molecule has 0 aliphatic carbocycles. The number of pyridine rings is 1. The monoisotopic (exact) mass is 459 g/mol. The number of carbonyl (C=O) groups is 1. The average Bonchev–Trinajstić information content (AvgIpc) is 3.50. The van der Waals surface area contributed by atoms with Gasteiger partial charge in [0.15, 0.2) is 6.23 Å². The van der Waals surface area contributed by atoms with Crippen LogP contribution in [0.3, 0.4) is 0 Å². The second-order valence-corrected chi connectivity index (χ2v) is 9.81. The van der Waals surface area contributed by atoms with Crippen molar-refractivity contribution in [2.75, 3.05) is 19.6 Å². The Labute approximate surface area is 200 Å². The number of aromatic nitrogens is 2. The fraction of sp³-hybridized carbons (Fsp3) is 0.407. The highest BCUT2D eigenvalue weighted by molar-refractivity contribution is 5.93. The zero-order chi connectivity index (χ0) is 24.0. The van der Waals surface area contributed by atoms with Gasteiger partial charge in [-0.3, -0.25) is 9.78 Å². The molecule has 7 heteroatoms. The Balaban J connectivity index is 1.58. The molecular formula is C27H33N5O2. The van der Waals surface area contributed by atoms with Crippen LogP contribution in [-0.2, 0) is 9.53 Å². The SMILES string of the molecule is CC1=C(C(N)=O)N(CC2CCNC2)C(c2ccc3[nH]c(-c4ccnc(C)c4)c(C(C)C)c3c2)O1. The molecule has 0 spiro atoms. The van der Waals surface area contributed by atoms with Crippen molar-refractivity contribution in [3.8, 4) is 11.3 Å². The third-order valence-electron chi connectivity index (χ3n) is 6.95. The number of amides is 1. The van der Waals surface area contributed by atoms with Crippen LogP contribution in [0.5, 0.6) is 0 Å². The van der Waals surface area contributed by atoms with Gasteiger partial charge >= 0.3 is 0 Å². The van der Waals surface area contributed by atoms with Crippen molar-refractivity contribution in [3.63, 3.8) is 0 Å². The van der Waals surface area contributed by atoms with Crippen LogP contribution >= 0.6 is 0 Å². The Morgan fingerprint density at radius 3 is 2.76 bits per heavy atom. The minimum atomic E-state index is -0.438. The molecule has 2 atom stereocenters. The van der Waals surface area contributed by atoms with E-state index in [1.807, 2.05) is 26.1 Å². The molecule has 2 aromatic heterocycles. The molecular weight excluding hydrogens is 426 g/mol. The minimum absolute atomic E-state index is 0.318. The lowest BCUT2D eigenvalue weighted by atomic mass is 9.95. The molecule has 0 bridgehead atoms. The molecule has 34 heavy (non-hydrogen) atoms. The summed E-state index contributed by atoms with van der Waals surface area (Å²) in [5.74, 6) is 0.926. The largest absolute Gasteiger partial charge is 0.469 e. The summed E-state index contributed by atoms with van der Waals surface area (Å²) < 4.78 is 6.27. The number of nitrogens with zero attached hydrogens (tertiary/aromatic N) is 2. The van der Waals surface area contributed by atoms with Crippen LogP contribution in [0, 0.1) is 12.8 Å². The molecule has 2 aliphatic heterocycles. The third kappa shape index (κ3) is 3.94. The van der Waals surface area contributed by atoms with Gasteiger partial charge in [-0.1, -0.05) is 19.9 Å². The Morgan fingerprint density at radius 2 is 2.09 bits per heavy atom. The molecule has 7 nitrogen and oxygen atoms in total. The summed E-state index contributed by atoms with van der Waals surface area (Å²) in [5, 5.41) is 4.59. The highest BCUT2D eigenvalue weighted by Crippen LogP contribution is 2.41. The number of primary amides is 1. The first-order valence-electron chi connectivity index (χ1n) is 12.1. The smallest absolute Gasteiger partial charge is 0.268 e. The molecule has 5 rings (SSSR count). The van der Waals surface area contributed by atoms with Crippen LogP contribution in [0.4, 0.5) is 0 Å². The Hall–Kier alpha value is -3.32. The van der Waals surface area contributed by atoms with E-state index in [2.05, 4.69) is 58.3 Å². The number of hydrogen-bond acceptors (Lipinski definition) is 5. The van der Waals surface area contributed by atoms with Gasteiger partial charge in [0.2, 0.25) is 0 Å². The van der Waals surface area contributed by atoms with Gasteiger partial charge < -0.3 is 25.7 Å². The zero-order valence-corrected chi connectivity index (χ0v) is 20.3. The van der Waals surface area contributed by atoms with Gasteiger partial charge in [-0.15, -0.1) is 0 Å². The maximum absolute atomic E-state index is 12.3. The quantitative estimate of drug-likeness (QED) is 0.510. The van der Waals surface area contributed by atoms with E-state index in [0.29, 0.717) is 23.3 Å². The van der Waals surface area contributed by atoms with E-state index in [9.17, 15) is 4.79 Å². The van der Waals surface area contributed by atoms with Crippen molar-refractivity contribution in [1.82, 2.24) is 20.2 Å². The summed E-state index contributed by atoms with van der Waals surface area (Å²) in [6.07, 6.45) is 2.57. The number of aromatic amines is 1. The Morgan fingerprint density at radius 1 is 1.26 bits per heavy atom. The molecule has 0 saturated carbocycles. The highest BCUT2D eigenvalue weighted by Gasteiger charge is 2.37. The molecule has 4 heterocycles. The Bertz CT molecular complexity index is 1270. The average molecular weight is 460 g/mol. The first-order valence-corrected chi connectivity index (χ1v) is 12.1. The van der Waals surface area contributed by atoms with Gasteiger partial charge in [0.1, 0.15) is 11.5 Å². The number of rotatable bonds is 6. The van der Waals surface area contributed by atoms with Crippen LogP contribution in [0.1, 0.15) is 56.2 Å². The van der Waals surface area contributed by atoms with Gasteiger partial charge in [-0.2, -0.15) is 0 Å². The van der Waals surface area contributed by atoms with Crippen LogP contribution in [0.25, 0.3) is 22.2 Å². The second kappa shape index (κ2) is 8.80. The van der Waals surface area contributed by atoms with E-state index in [4.69, 9.17) is 10.5 Å². The highest BCUT2D eigenvalue weighted by atomic mass is 16.5. The molecule has 1 aromatic carbocycles. The van der Waals surface area contributed by atoms with Crippen molar-refractivity contribution in [2.45, 2.75) is 46.3 Å². The summed E-state index contributed by atoms with van der Waals surface area (Å²) in [6.45, 7) is 11.0. The Kier molecular flexibility index (Phi) is 5.81. The molecule has 2 unspecified atom stereocenters. The van der Waals surface area contributed by atoms with E-state index >= 15 is 0 Å². The summed E-state index contributed by atoms with van der Waals surface area (Å²) >= 11 is 0. The first-order chi connectivity index (χ1) is 16.3. The topological polar surface area (TPSA) is 96.3 Å². The minimum Gasteiger partial charge on any atom is -0.469 e. The standard InChI is InChI=1S/C27H33N5O2/c1-15(2)23-21-12-20(5-6-22(21)31-24(23)19-8-10-30-16(3)11-19)27-32(14-18-7-9-29-13-18)25(26(28)33)17(4)34-27/h5-6,8,10-12,15,18,27,29,31H,7,9,13-14H2,1-4H3,(H2,28,33). The molecule has 1 fully saturated rings. The van der Waals surface area contributed by atoms with E-state index in [0.717, 1.165) is 54.1 Å². The van der Waals surface area contributed by atoms with Crippen molar-refractivity contribution in [2.24, 2.45) is 11.7 Å². The normalized spacial score (nSPS) is 20.6. The number of aryl methyl sites for hydroxylation is 1. The zero-order valence-electron chi connectivity index (χ0n) is 20.3. The van der Waals surface area contributed by atoms with Crippen molar-refractivity contribution >= 4 is 16.8 Å². The van der Waals surface area contributed by atoms with E-state index in [1.54, 1.807) is 0 Å². The number of nitrogens with two attached hydrogens (primary N) is 1. The van der Waals surface area contributed by atoms with E-state index < -0.39 is 5.91 Å². The van der Waals surface area contributed by atoms with E-state index in [-0.39, 0.29) is 6.23 Å². The maximum Gasteiger partial charge on any atom is 0.268 e. The summed E-state index contributed by atoms with van der Waals surface area (Å²) in [7, 11) is 0. The number of H-pyrrole nitrogens is 1. The van der Waals surface area contributed by atoms with Gasteiger partial charge in [0, 0.05) is 40.5 Å². The number of ether oxygens (including phenoxy) is 1. The lowest BCUT2D eigenvalue weighted by Crippen LogP contribution is -2.35. The van der Waals surface area contributed by atoms with Gasteiger partial charge in [0.05, 0.1) is 5.69 Å².